The first-order valence-corrected chi connectivity index (χ1v) is 9.36. The van der Waals surface area contributed by atoms with Crippen LogP contribution in [-0.2, 0) is 6.42 Å². The van der Waals surface area contributed by atoms with Gasteiger partial charge >= 0.3 is 0 Å². The predicted molar refractivity (Wildman–Crippen MR) is 106 cm³/mol. The number of thiophene rings is 1. The van der Waals surface area contributed by atoms with Gasteiger partial charge in [-0.1, -0.05) is 13.3 Å². The molecule has 0 aliphatic rings. The number of nitro benzene ring substituents is 1. The van der Waals surface area contributed by atoms with Crippen molar-refractivity contribution in [2.75, 3.05) is 0 Å². The third-order valence-corrected chi connectivity index (χ3v) is 5.42. The van der Waals surface area contributed by atoms with E-state index in [2.05, 4.69) is 11.9 Å². The number of H-pyrrole nitrogens is 1. The van der Waals surface area contributed by atoms with E-state index in [1.54, 1.807) is 29.5 Å². The molecule has 0 atom stereocenters. The van der Waals surface area contributed by atoms with Gasteiger partial charge in [-0.3, -0.25) is 14.9 Å². The molecule has 0 aliphatic heterocycles. The van der Waals surface area contributed by atoms with E-state index >= 15 is 0 Å². The Hall–Kier alpha value is -3.24. The molecule has 6 nitrogen and oxygen atoms in total. The smallest absolute Gasteiger partial charge is 0.269 e. The average molecular weight is 379 g/mol. The second-order valence-electron chi connectivity index (χ2n) is 6.09. The molecule has 2 heterocycles. The van der Waals surface area contributed by atoms with Gasteiger partial charge in [-0.15, -0.1) is 11.3 Å². The molecule has 3 aromatic rings. The minimum absolute atomic E-state index is 0.0196. The number of rotatable bonds is 6. The molecule has 1 aromatic carbocycles. The molecule has 0 saturated carbocycles. The van der Waals surface area contributed by atoms with Crippen LogP contribution in [0.3, 0.4) is 0 Å². The minimum Gasteiger partial charge on any atom is -0.321 e. The number of hydrogen-bond donors (Lipinski definition) is 1. The maximum atomic E-state index is 12.4. The summed E-state index contributed by atoms with van der Waals surface area (Å²) in [6.45, 7) is 2.13. The van der Waals surface area contributed by atoms with E-state index < -0.39 is 10.5 Å². The molecule has 27 heavy (non-hydrogen) atoms. The largest absolute Gasteiger partial charge is 0.321 e. The number of aromatic amines is 1. The highest BCUT2D eigenvalue weighted by atomic mass is 32.1. The molecular weight excluding hydrogens is 362 g/mol. The molecular formula is C20H17N3O3S. The summed E-state index contributed by atoms with van der Waals surface area (Å²) in [5, 5.41) is 20.2. The maximum absolute atomic E-state index is 12.4. The van der Waals surface area contributed by atoms with Crippen molar-refractivity contribution in [1.82, 2.24) is 4.98 Å². The van der Waals surface area contributed by atoms with Gasteiger partial charge in [0.1, 0.15) is 11.6 Å². The predicted octanol–water partition coefficient (Wildman–Crippen LogP) is 4.89. The topological polar surface area (TPSA) is 99.8 Å². The molecule has 0 bridgehead atoms. The molecule has 0 aliphatic carbocycles. The lowest BCUT2D eigenvalue weighted by Crippen LogP contribution is -2.12. The van der Waals surface area contributed by atoms with Crippen LogP contribution in [0, 0.1) is 21.4 Å². The number of aryl methyl sites for hydroxylation is 1. The first-order chi connectivity index (χ1) is 13.0. The highest BCUT2D eigenvalue weighted by molar-refractivity contribution is 7.15. The molecule has 0 spiro atoms. The molecule has 0 radical (unpaired) electrons. The van der Waals surface area contributed by atoms with E-state index in [4.69, 9.17) is 0 Å². The van der Waals surface area contributed by atoms with Crippen LogP contribution in [0.4, 0.5) is 5.69 Å². The van der Waals surface area contributed by atoms with Crippen molar-refractivity contribution in [3.8, 4) is 27.8 Å². The number of nitro groups is 1. The maximum Gasteiger partial charge on any atom is 0.269 e. The van der Waals surface area contributed by atoms with Gasteiger partial charge in [0.2, 0.25) is 0 Å². The van der Waals surface area contributed by atoms with Crippen LogP contribution < -0.4 is 5.56 Å². The molecule has 1 N–H and O–H groups in total. The van der Waals surface area contributed by atoms with Crippen molar-refractivity contribution in [2.45, 2.75) is 26.2 Å². The molecule has 0 saturated heterocycles. The van der Waals surface area contributed by atoms with Crippen LogP contribution in [0.5, 0.6) is 0 Å². The lowest BCUT2D eigenvalue weighted by Gasteiger charge is -2.06. The first-order valence-electron chi connectivity index (χ1n) is 8.54. The fourth-order valence-corrected chi connectivity index (χ4v) is 3.86. The summed E-state index contributed by atoms with van der Waals surface area (Å²) in [4.78, 5) is 27.5. The molecule has 2 aromatic heterocycles. The molecule has 3 rings (SSSR count). The van der Waals surface area contributed by atoms with Crippen LogP contribution in [0.2, 0.25) is 0 Å². The number of benzene rings is 1. The fourth-order valence-electron chi connectivity index (χ4n) is 2.79. The Morgan fingerprint density at radius 2 is 1.96 bits per heavy atom. The van der Waals surface area contributed by atoms with Gasteiger partial charge in [0.25, 0.3) is 11.2 Å². The van der Waals surface area contributed by atoms with Crippen molar-refractivity contribution >= 4 is 17.0 Å². The number of hydrogen-bond acceptors (Lipinski definition) is 5. The Morgan fingerprint density at radius 1 is 1.22 bits per heavy atom. The number of aromatic nitrogens is 1. The SMILES string of the molecule is CCCCc1ccc(-c2cc(-c3ccc([N+](=O)[O-])cc3)[nH]c(=O)c2C#N)s1. The number of nitrogens with one attached hydrogen (secondary N) is 1. The van der Waals surface area contributed by atoms with Crippen molar-refractivity contribution in [1.29, 1.82) is 5.26 Å². The molecule has 136 valence electrons. The van der Waals surface area contributed by atoms with Gasteiger partial charge in [-0.05, 0) is 48.7 Å². The number of nitriles is 1. The summed E-state index contributed by atoms with van der Waals surface area (Å²) in [5.74, 6) is 0. The van der Waals surface area contributed by atoms with E-state index in [0.717, 1.165) is 24.1 Å². The number of pyridine rings is 1. The summed E-state index contributed by atoms with van der Waals surface area (Å²) in [6.07, 6.45) is 3.17. The van der Waals surface area contributed by atoms with Crippen molar-refractivity contribution < 1.29 is 4.92 Å². The number of nitrogens with zero attached hydrogens (tertiary/aromatic N) is 2. The van der Waals surface area contributed by atoms with E-state index in [9.17, 15) is 20.2 Å². The van der Waals surface area contributed by atoms with Crippen molar-refractivity contribution in [2.24, 2.45) is 0 Å². The molecule has 0 fully saturated rings. The fraction of sp³-hybridized carbons (Fsp3) is 0.200. The van der Waals surface area contributed by atoms with E-state index in [-0.39, 0.29) is 11.3 Å². The Kier molecular flexibility index (Phi) is 5.48. The molecule has 0 amide bonds. The average Bonchev–Trinajstić information content (AvgIpc) is 3.14. The monoisotopic (exact) mass is 379 g/mol. The highest BCUT2D eigenvalue weighted by Gasteiger charge is 2.15. The standard InChI is InChI=1S/C20H17N3O3S/c1-2-3-4-15-9-10-19(27-15)16-11-18(22-20(24)17(16)12-21)13-5-7-14(8-6-13)23(25)26/h5-11H,2-4H2,1H3,(H,22,24). The lowest BCUT2D eigenvalue weighted by atomic mass is 10.0. The summed E-state index contributed by atoms with van der Waals surface area (Å²) >= 11 is 1.58. The lowest BCUT2D eigenvalue weighted by molar-refractivity contribution is -0.384. The Balaban J connectivity index is 2.06. The van der Waals surface area contributed by atoms with E-state index in [1.807, 2.05) is 18.2 Å². The van der Waals surface area contributed by atoms with Gasteiger partial charge in [0, 0.05) is 33.1 Å². The Morgan fingerprint density at radius 3 is 2.59 bits per heavy atom. The van der Waals surface area contributed by atoms with Crippen molar-refractivity contribution in [3.05, 3.63) is 73.4 Å². The summed E-state index contributed by atoms with van der Waals surface area (Å²) < 4.78 is 0. The molecule has 7 heteroatoms. The minimum atomic E-state index is -0.472. The van der Waals surface area contributed by atoms with Crippen LogP contribution >= 0.6 is 11.3 Å². The quantitative estimate of drug-likeness (QED) is 0.486. The van der Waals surface area contributed by atoms with Gasteiger partial charge in [-0.2, -0.15) is 5.26 Å². The second kappa shape index (κ2) is 7.98. The van der Waals surface area contributed by atoms with Crippen molar-refractivity contribution in [3.63, 3.8) is 0 Å². The second-order valence-corrected chi connectivity index (χ2v) is 7.25. The summed E-state index contributed by atoms with van der Waals surface area (Å²) in [5.41, 5.74) is 1.34. The number of non-ortho nitro benzene ring substituents is 1. The van der Waals surface area contributed by atoms with E-state index in [1.165, 1.54) is 17.0 Å². The summed E-state index contributed by atoms with van der Waals surface area (Å²) in [7, 11) is 0. The van der Waals surface area contributed by atoms with Gasteiger partial charge in [-0.25, -0.2) is 0 Å². The molecule has 0 unspecified atom stereocenters. The van der Waals surface area contributed by atoms with Crippen LogP contribution in [0.15, 0.2) is 47.3 Å². The number of unbranched alkanes of at least 4 members (excludes halogenated alkanes) is 1. The summed E-state index contributed by atoms with van der Waals surface area (Å²) in [6, 6.07) is 13.7. The zero-order chi connectivity index (χ0) is 19.4. The first kappa shape index (κ1) is 18.5. The third-order valence-electron chi connectivity index (χ3n) is 4.24. The van der Waals surface area contributed by atoms with E-state index in [0.29, 0.717) is 16.8 Å². The van der Waals surface area contributed by atoms with Gasteiger partial charge < -0.3 is 4.98 Å². The highest BCUT2D eigenvalue weighted by Crippen LogP contribution is 2.32. The zero-order valence-electron chi connectivity index (χ0n) is 14.7. The zero-order valence-corrected chi connectivity index (χ0v) is 15.5. The Bertz CT molecular complexity index is 1080. The van der Waals surface area contributed by atoms with Crippen LogP contribution in [0.25, 0.3) is 21.7 Å². The van der Waals surface area contributed by atoms with Gasteiger partial charge in [0.15, 0.2) is 0 Å². The third kappa shape index (κ3) is 3.96. The Labute approximate surface area is 159 Å². The normalized spacial score (nSPS) is 10.5. The van der Waals surface area contributed by atoms with Crippen LogP contribution in [0.1, 0.15) is 30.2 Å². The van der Waals surface area contributed by atoms with Gasteiger partial charge in [0.05, 0.1) is 4.92 Å². The van der Waals surface area contributed by atoms with Crippen LogP contribution in [-0.4, -0.2) is 9.91 Å².